The zero-order valence-electron chi connectivity index (χ0n) is 10.8. The van der Waals surface area contributed by atoms with Gasteiger partial charge in [0.05, 0.1) is 12.5 Å². The van der Waals surface area contributed by atoms with Gasteiger partial charge in [0.25, 0.3) is 0 Å². The molecule has 1 heterocycles. The molecule has 1 rings (SSSR count). The monoisotopic (exact) mass is 223 g/mol. The van der Waals surface area contributed by atoms with E-state index in [-0.39, 0.29) is 0 Å². The molecule has 16 heavy (non-hydrogen) atoms. The van der Waals surface area contributed by atoms with Crippen molar-refractivity contribution in [1.29, 1.82) is 0 Å². The predicted molar refractivity (Wildman–Crippen MR) is 68.4 cm³/mol. The van der Waals surface area contributed by atoms with E-state index in [0.717, 1.165) is 12.5 Å². The van der Waals surface area contributed by atoms with Gasteiger partial charge in [-0.05, 0) is 31.4 Å². The van der Waals surface area contributed by atoms with Crippen molar-refractivity contribution in [1.82, 2.24) is 5.32 Å². The van der Waals surface area contributed by atoms with E-state index < -0.39 is 0 Å². The van der Waals surface area contributed by atoms with E-state index in [1.165, 1.54) is 31.2 Å². The summed E-state index contributed by atoms with van der Waals surface area (Å²) in [7, 11) is 0. The molecular formula is C14H25NO. The molecule has 2 nitrogen and oxygen atoms in total. The molecule has 92 valence electrons. The molecule has 0 saturated carbocycles. The maximum Gasteiger partial charge on any atom is 0.0950 e. The first-order valence-corrected chi connectivity index (χ1v) is 6.57. The van der Waals surface area contributed by atoms with Crippen molar-refractivity contribution in [3.05, 3.63) is 24.2 Å². The Kier molecular flexibility index (Phi) is 6.24. The highest BCUT2D eigenvalue weighted by molar-refractivity contribution is 5.11. The molecule has 1 N–H and O–H groups in total. The van der Waals surface area contributed by atoms with Crippen LogP contribution >= 0.6 is 0 Å². The van der Waals surface area contributed by atoms with Gasteiger partial charge < -0.3 is 9.73 Å². The summed E-state index contributed by atoms with van der Waals surface area (Å²) in [5.41, 5.74) is 1.29. The third kappa shape index (κ3) is 4.01. The van der Waals surface area contributed by atoms with Crippen molar-refractivity contribution in [2.75, 3.05) is 6.54 Å². The molecule has 0 radical (unpaired) electrons. The standard InChI is InChI=1S/C14H25NO/c1-4-8-15-14(10-12(5-2)6-3)13-7-9-16-11-13/h7,9,11-12,14-15H,4-6,8,10H2,1-3H3. The average molecular weight is 223 g/mol. The van der Waals surface area contributed by atoms with Crippen LogP contribution in [0.2, 0.25) is 0 Å². The first-order chi connectivity index (χ1) is 7.81. The van der Waals surface area contributed by atoms with Crippen LogP contribution in [0.25, 0.3) is 0 Å². The fraction of sp³-hybridized carbons (Fsp3) is 0.714. The molecule has 0 aliphatic heterocycles. The van der Waals surface area contributed by atoms with Crippen LogP contribution in [0.5, 0.6) is 0 Å². The number of hydrogen-bond donors (Lipinski definition) is 1. The maximum absolute atomic E-state index is 5.18. The fourth-order valence-electron chi connectivity index (χ4n) is 2.08. The number of rotatable bonds is 8. The van der Waals surface area contributed by atoms with Crippen LogP contribution < -0.4 is 5.32 Å². The Bertz CT molecular complexity index is 252. The van der Waals surface area contributed by atoms with E-state index in [1.807, 2.05) is 6.26 Å². The second-order valence-corrected chi connectivity index (χ2v) is 4.48. The van der Waals surface area contributed by atoms with Crippen molar-refractivity contribution in [3.63, 3.8) is 0 Å². The molecule has 2 heteroatoms. The van der Waals surface area contributed by atoms with Gasteiger partial charge in [-0.2, -0.15) is 0 Å². The predicted octanol–water partition coefficient (Wildman–Crippen LogP) is 4.15. The van der Waals surface area contributed by atoms with Gasteiger partial charge in [-0.15, -0.1) is 0 Å². The van der Waals surface area contributed by atoms with Crippen LogP contribution in [0.1, 0.15) is 58.1 Å². The van der Waals surface area contributed by atoms with Crippen LogP contribution in [-0.4, -0.2) is 6.54 Å². The Morgan fingerprint density at radius 1 is 1.25 bits per heavy atom. The Hall–Kier alpha value is -0.760. The van der Waals surface area contributed by atoms with Crippen LogP contribution in [-0.2, 0) is 0 Å². The fourth-order valence-corrected chi connectivity index (χ4v) is 2.08. The van der Waals surface area contributed by atoms with Gasteiger partial charge in [0.15, 0.2) is 0 Å². The summed E-state index contributed by atoms with van der Waals surface area (Å²) in [6.07, 6.45) is 8.56. The van der Waals surface area contributed by atoms with E-state index in [9.17, 15) is 0 Å². The first-order valence-electron chi connectivity index (χ1n) is 6.57. The van der Waals surface area contributed by atoms with E-state index in [1.54, 1.807) is 6.26 Å². The Morgan fingerprint density at radius 2 is 2.00 bits per heavy atom. The topological polar surface area (TPSA) is 25.2 Å². The molecule has 0 amide bonds. The van der Waals surface area contributed by atoms with E-state index in [2.05, 4.69) is 32.2 Å². The second kappa shape index (κ2) is 7.50. The van der Waals surface area contributed by atoms with Crippen LogP contribution in [0, 0.1) is 5.92 Å². The Labute approximate surface area is 99.4 Å². The zero-order chi connectivity index (χ0) is 11.8. The lowest BCUT2D eigenvalue weighted by atomic mass is 9.92. The van der Waals surface area contributed by atoms with Crippen LogP contribution in [0.3, 0.4) is 0 Å². The largest absolute Gasteiger partial charge is 0.472 e. The first kappa shape index (κ1) is 13.3. The summed E-state index contributed by atoms with van der Waals surface area (Å²) >= 11 is 0. The van der Waals surface area contributed by atoms with E-state index >= 15 is 0 Å². The Balaban J connectivity index is 2.56. The Morgan fingerprint density at radius 3 is 2.50 bits per heavy atom. The molecule has 0 aliphatic carbocycles. The zero-order valence-corrected chi connectivity index (χ0v) is 10.8. The van der Waals surface area contributed by atoms with Gasteiger partial charge >= 0.3 is 0 Å². The third-order valence-electron chi connectivity index (χ3n) is 3.31. The minimum Gasteiger partial charge on any atom is -0.472 e. The summed E-state index contributed by atoms with van der Waals surface area (Å²) < 4.78 is 5.18. The molecule has 1 atom stereocenters. The molecule has 0 spiro atoms. The summed E-state index contributed by atoms with van der Waals surface area (Å²) in [6.45, 7) is 7.84. The van der Waals surface area contributed by atoms with Crippen molar-refractivity contribution in [2.45, 2.75) is 52.5 Å². The average Bonchev–Trinajstić information content (AvgIpc) is 2.83. The quantitative estimate of drug-likeness (QED) is 0.716. The molecule has 1 aromatic rings. The number of furan rings is 1. The summed E-state index contributed by atoms with van der Waals surface area (Å²) in [5, 5.41) is 3.61. The molecule has 0 saturated heterocycles. The molecular weight excluding hydrogens is 198 g/mol. The lowest BCUT2D eigenvalue weighted by Gasteiger charge is -2.22. The van der Waals surface area contributed by atoms with E-state index in [4.69, 9.17) is 4.42 Å². The molecule has 0 fully saturated rings. The summed E-state index contributed by atoms with van der Waals surface area (Å²) in [6, 6.07) is 2.54. The van der Waals surface area contributed by atoms with Crippen LogP contribution in [0.15, 0.2) is 23.0 Å². The molecule has 0 bridgehead atoms. The molecule has 1 aromatic heterocycles. The van der Waals surface area contributed by atoms with Crippen molar-refractivity contribution < 1.29 is 4.42 Å². The van der Waals surface area contributed by atoms with Crippen LogP contribution in [0.4, 0.5) is 0 Å². The molecule has 1 unspecified atom stereocenters. The second-order valence-electron chi connectivity index (χ2n) is 4.48. The van der Waals surface area contributed by atoms with Crippen molar-refractivity contribution in [2.24, 2.45) is 5.92 Å². The maximum atomic E-state index is 5.18. The molecule has 0 aromatic carbocycles. The van der Waals surface area contributed by atoms with Gasteiger partial charge in [-0.25, -0.2) is 0 Å². The minimum absolute atomic E-state index is 0.462. The third-order valence-corrected chi connectivity index (χ3v) is 3.31. The number of nitrogens with one attached hydrogen (secondary N) is 1. The summed E-state index contributed by atoms with van der Waals surface area (Å²) in [5.74, 6) is 0.809. The van der Waals surface area contributed by atoms with Crippen molar-refractivity contribution >= 4 is 0 Å². The minimum atomic E-state index is 0.462. The van der Waals surface area contributed by atoms with Gasteiger partial charge in [0, 0.05) is 11.6 Å². The highest BCUT2D eigenvalue weighted by atomic mass is 16.3. The SMILES string of the molecule is CCCNC(CC(CC)CC)c1ccoc1. The highest BCUT2D eigenvalue weighted by Crippen LogP contribution is 2.25. The van der Waals surface area contributed by atoms with Gasteiger partial charge in [0.1, 0.15) is 0 Å². The normalized spacial score (nSPS) is 13.2. The van der Waals surface area contributed by atoms with E-state index in [0.29, 0.717) is 6.04 Å². The van der Waals surface area contributed by atoms with Crippen molar-refractivity contribution in [3.8, 4) is 0 Å². The lowest BCUT2D eigenvalue weighted by Crippen LogP contribution is -2.24. The summed E-state index contributed by atoms with van der Waals surface area (Å²) in [4.78, 5) is 0. The van der Waals surface area contributed by atoms with Gasteiger partial charge in [-0.1, -0.05) is 33.6 Å². The molecule has 0 aliphatic rings. The van der Waals surface area contributed by atoms with Gasteiger partial charge in [0.2, 0.25) is 0 Å². The smallest absolute Gasteiger partial charge is 0.0950 e. The highest BCUT2D eigenvalue weighted by Gasteiger charge is 2.16. The number of hydrogen-bond acceptors (Lipinski definition) is 2. The lowest BCUT2D eigenvalue weighted by molar-refractivity contribution is 0.369. The van der Waals surface area contributed by atoms with Gasteiger partial charge in [-0.3, -0.25) is 0 Å².